The second-order valence-electron chi connectivity index (χ2n) is 5.27. The van der Waals surface area contributed by atoms with Gasteiger partial charge in [0, 0.05) is 11.7 Å². The van der Waals surface area contributed by atoms with Crippen LogP contribution in [0.25, 0.3) is 0 Å². The Hall–Kier alpha value is -2.12. The minimum atomic E-state index is -0.735. The van der Waals surface area contributed by atoms with Gasteiger partial charge in [0.25, 0.3) is 5.91 Å². The molecule has 1 aliphatic rings. The standard InChI is InChI=1S/C14H19N3O4/c1-14(8-20-6-11(14)15)13(19)17-9-2-4-10(5-3-9)21-7-12(16)18/h2-5,11H,6-8,15H2,1H3,(H2,16,18)(H,17,19). The van der Waals surface area contributed by atoms with E-state index in [9.17, 15) is 9.59 Å². The van der Waals surface area contributed by atoms with Gasteiger partial charge in [-0.15, -0.1) is 0 Å². The number of nitrogens with one attached hydrogen (secondary N) is 1. The highest BCUT2D eigenvalue weighted by atomic mass is 16.5. The molecule has 1 aliphatic heterocycles. The van der Waals surface area contributed by atoms with Gasteiger partial charge in [-0.3, -0.25) is 9.59 Å². The number of hydrogen-bond donors (Lipinski definition) is 3. The Bertz CT molecular complexity index is 532. The first-order valence-electron chi connectivity index (χ1n) is 6.58. The smallest absolute Gasteiger partial charge is 0.255 e. The predicted octanol–water partition coefficient (Wildman–Crippen LogP) is -0.147. The largest absolute Gasteiger partial charge is 0.484 e. The van der Waals surface area contributed by atoms with Crippen LogP contribution < -0.4 is 21.5 Å². The molecule has 0 spiro atoms. The van der Waals surface area contributed by atoms with E-state index >= 15 is 0 Å². The number of nitrogens with two attached hydrogens (primary N) is 2. The van der Waals surface area contributed by atoms with Gasteiger partial charge < -0.3 is 26.3 Å². The van der Waals surface area contributed by atoms with Crippen molar-refractivity contribution in [2.75, 3.05) is 25.1 Å². The first kappa shape index (κ1) is 15.3. The van der Waals surface area contributed by atoms with Crippen molar-refractivity contribution in [1.29, 1.82) is 0 Å². The topological polar surface area (TPSA) is 117 Å². The van der Waals surface area contributed by atoms with E-state index in [1.807, 2.05) is 0 Å². The van der Waals surface area contributed by atoms with Crippen LogP contribution in [0.2, 0.25) is 0 Å². The number of carbonyl (C=O) groups excluding carboxylic acids is 2. The molecule has 0 aromatic heterocycles. The Balaban J connectivity index is 1.97. The van der Waals surface area contributed by atoms with E-state index in [1.165, 1.54) is 0 Å². The van der Waals surface area contributed by atoms with E-state index in [0.29, 0.717) is 24.7 Å². The molecule has 5 N–H and O–H groups in total. The molecule has 1 aromatic carbocycles. The first-order valence-corrected chi connectivity index (χ1v) is 6.58. The lowest BCUT2D eigenvalue weighted by Gasteiger charge is -2.25. The second kappa shape index (κ2) is 6.11. The molecule has 114 valence electrons. The van der Waals surface area contributed by atoms with Crippen molar-refractivity contribution in [3.8, 4) is 5.75 Å². The third-order valence-corrected chi connectivity index (χ3v) is 3.53. The summed E-state index contributed by atoms with van der Waals surface area (Å²) in [5, 5.41) is 2.80. The maximum atomic E-state index is 12.3. The normalized spacial score (nSPS) is 24.6. The summed E-state index contributed by atoms with van der Waals surface area (Å²) in [4.78, 5) is 22.9. The molecule has 7 nitrogen and oxygen atoms in total. The van der Waals surface area contributed by atoms with E-state index in [2.05, 4.69) is 5.32 Å². The van der Waals surface area contributed by atoms with Crippen molar-refractivity contribution in [3.63, 3.8) is 0 Å². The van der Waals surface area contributed by atoms with Gasteiger partial charge in [0.1, 0.15) is 5.75 Å². The van der Waals surface area contributed by atoms with Gasteiger partial charge in [0.2, 0.25) is 5.91 Å². The van der Waals surface area contributed by atoms with Crippen molar-refractivity contribution in [2.45, 2.75) is 13.0 Å². The van der Waals surface area contributed by atoms with Crippen molar-refractivity contribution in [2.24, 2.45) is 16.9 Å². The quantitative estimate of drug-likeness (QED) is 0.698. The summed E-state index contributed by atoms with van der Waals surface area (Å²) in [6.07, 6.45) is 0. The number of benzene rings is 1. The Morgan fingerprint density at radius 1 is 1.43 bits per heavy atom. The van der Waals surface area contributed by atoms with Crippen LogP contribution in [0.15, 0.2) is 24.3 Å². The summed E-state index contributed by atoms with van der Waals surface area (Å²) in [6, 6.07) is 6.33. The highest BCUT2D eigenvalue weighted by Gasteiger charge is 2.44. The van der Waals surface area contributed by atoms with E-state index in [0.717, 1.165) is 0 Å². The summed E-state index contributed by atoms with van der Waals surface area (Å²) in [5.74, 6) is -0.229. The van der Waals surface area contributed by atoms with E-state index in [4.69, 9.17) is 20.9 Å². The summed E-state index contributed by atoms with van der Waals surface area (Å²) in [5.41, 5.74) is 10.8. The molecule has 2 atom stereocenters. The molecule has 0 bridgehead atoms. The van der Waals surface area contributed by atoms with Gasteiger partial charge in [-0.05, 0) is 31.2 Å². The predicted molar refractivity (Wildman–Crippen MR) is 76.7 cm³/mol. The fourth-order valence-electron chi connectivity index (χ4n) is 1.99. The van der Waals surface area contributed by atoms with Crippen LogP contribution in [0.4, 0.5) is 5.69 Å². The van der Waals surface area contributed by atoms with Crippen molar-refractivity contribution < 1.29 is 19.1 Å². The highest BCUT2D eigenvalue weighted by Crippen LogP contribution is 2.29. The van der Waals surface area contributed by atoms with Crippen LogP contribution in [-0.2, 0) is 14.3 Å². The van der Waals surface area contributed by atoms with Gasteiger partial charge in [-0.25, -0.2) is 0 Å². The van der Waals surface area contributed by atoms with E-state index in [1.54, 1.807) is 31.2 Å². The lowest BCUT2D eigenvalue weighted by molar-refractivity contribution is -0.125. The van der Waals surface area contributed by atoms with Crippen molar-refractivity contribution in [1.82, 2.24) is 0 Å². The number of ether oxygens (including phenoxy) is 2. The second-order valence-corrected chi connectivity index (χ2v) is 5.27. The third kappa shape index (κ3) is 3.50. The molecule has 0 saturated carbocycles. The Morgan fingerprint density at radius 3 is 2.62 bits per heavy atom. The van der Waals surface area contributed by atoms with Crippen molar-refractivity contribution in [3.05, 3.63) is 24.3 Å². The average Bonchev–Trinajstić information content (AvgIpc) is 2.79. The molecule has 21 heavy (non-hydrogen) atoms. The van der Waals surface area contributed by atoms with Gasteiger partial charge in [-0.2, -0.15) is 0 Å². The average molecular weight is 293 g/mol. The Kier molecular flexibility index (Phi) is 4.44. The zero-order chi connectivity index (χ0) is 15.5. The van der Waals surface area contributed by atoms with E-state index < -0.39 is 11.3 Å². The van der Waals surface area contributed by atoms with Gasteiger partial charge in [0.15, 0.2) is 6.61 Å². The van der Waals surface area contributed by atoms with Crippen LogP contribution >= 0.6 is 0 Å². The number of carbonyl (C=O) groups is 2. The highest BCUT2D eigenvalue weighted by molar-refractivity contribution is 5.96. The monoisotopic (exact) mass is 293 g/mol. The third-order valence-electron chi connectivity index (χ3n) is 3.53. The molecule has 1 heterocycles. The Labute approximate surface area is 122 Å². The zero-order valence-corrected chi connectivity index (χ0v) is 11.8. The molecule has 2 amide bonds. The molecule has 1 fully saturated rings. The molecule has 7 heteroatoms. The summed E-state index contributed by atoms with van der Waals surface area (Å²) < 4.78 is 10.4. The van der Waals surface area contributed by atoms with Crippen LogP contribution in [0.3, 0.4) is 0 Å². The maximum absolute atomic E-state index is 12.3. The molecular weight excluding hydrogens is 274 g/mol. The molecule has 2 rings (SSSR count). The summed E-state index contributed by atoms with van der Waals surface area (Å²) in [7, 11) is 0. The first-order chi connectivity index (χ1) is 9.91. The van der Waals surface area contributed by atoms with Crippen LogP contribution in [-0.4, -0.2) is 37.7 Å². The lowest BCUT2D eigenvalue weighted by Crippen LogP contribution is -2.47. The minimum absolute atomic E-state index is 0.182. The number of hydrogen-bond acceptors (Lipinski definition) is 5. The molecule has 0 aliphatic carbocycles. The molecule has 1 aromatic rings. The molecule has 0 radical (unpaired) electrons. The molecular formula is C14H19N3O4. The summed E-state index contributed by atoms with van der Waals surface area (Å²) >= 11 is 0. The van der Waals surface area contributed by atoms with Gasteiger partial charge >= 0.3 is 0 Å². The molecule has 1 saturated heterocycles. The fraction of sp³-hybridized carbons (Fsp3) is 0.429. The zero-order valence-electron chi connectivity index (χ0n) is 11.8. The number of primary amides is 1. The lowest BCUT2D eigenvalue weighted by atomic mass is 9.85. The van der Waals surface area contributed by atoms with Crippen molar-refractivity contribution >= 4 is 17.5 Å². The minimum Gasteiger partial charge on any atom is -0.484 e. The van der Waals surface area contributed by atoms with Gasteiger partial charge in [0.05, 0.1) is 18.6 Å². The van der Waals surface area contributed by atoms with Crippen LogP contribution in [0.5, 0.6) is 5.75 Å². The number of amides is 2. The van der Waals surface area contributed by atoms with Crippen LogP contribution in [0.1, 0.15) is 6.92 Å². The number of rotatable bonds is 5. The number of anilines is 1. The SMILES string of the molecule is CC1(C(=O)Nc2ccc(OCC(N)=O)cc2)COCC1N. The van der Waals surface area contributed by atoms with E-state index in [-0.39, 0.29) is 18.6 Å². The maximum Gasteiger partial charge on any atom is 0.255 e. The fourth-order valence-corrected chi connectivity index (χ4v) is 1.99. The van der Waals surface area contributed by atoms with Crippen LogP contribution in [0, 0.1) is 5.41 Å². The van der Waals surface area contributed by atoms with Gasteiger partial charge in [-0.1, -0.05) is 0 Å². The summed E-state index contributed by atoms with van der Waals surface area (Å²) in [6.45, 7) is 2.28. The Morgan fingerprint density at radius 2 is 2.10 bits per heavy atom. The molecule has 2 unspecified atom stereocenters.